The zero-order valence-corrected chi connectivity index (χ0v) is 9.79. The molecule has 0 aliphatic heterocycles. The van der Waals surface area contributed by atoms with E-state index in [9.17, 15) is 0 Å². The molecule has 3 heteroatoms. The summed E-state index contributed by atoms with van der Waals surface area (Å²) in [5, 5.41) is 0. The molecule has 1 aliphatic carbocycles. The molecule has 2 rings (SSSR count). The number of anilines is 1. The Balaban J connectivity index is 2.36. The third-order valence-electron chi connectivity index (χ3n) is 2.52. The Kier molecular flexibility index (Phi) is 2.77. The van der Waals surface area contributed by atoms with Crippen molar-refractivity contribution in [2.24, 2.45) is 5.73 Å². The van der Waals surface area contributed by atoms with Crippen molar-refractivity contribution in [3.05, 3.63) is 29.0 Å². The average molecular weight is 218 g/mol. The molecule has 0 unspecified atom stereocenters. The fourth-order valence-corrected chi connectivity index (χ4v) is 1.62. The number of benzene rings is 1. The summed E-state index contributed by atoms with van der Waals surface area (Å²) in [6, 6.07) is 4.00. The minimum absolute atomic E-state index is 0.361. The number of hydrogen-bond donors (Lipinski definition) is 2. The molecular formula is C13H18N2O. The van der Waals surface area contributed by atoms with E-state index in [-0.39, 0.29) is 0 Å². The number of hydrogen-bond acceptors (Lipinski definition) is 3. The first-order chi connectivity index (χ1) is 7.56. The number of ether oxygens (including phenoxy) is 1. The zero-order valence-electron chi connectivity index (χ0n) is 9.79. The molecule has 0 amide bonds. The Hall–Kier alpha value is -1.64. The van der Waals surface area contributed by atoms with Crippen molar-refractivity contribution >= 4 is 11.8 Å². The Morgan fingerprint density at radius 2 is 2.12 bits per heavy atom. The van der Waals surface area contributed by atoms with E-state index in [2.05, 4.69) is 0 Å². The van der Waals surface area contributed by atoms with Gasteiger partial charge in [0.2, 0.25) is 0 Å². The second-order valence-corrected chi connectivity index (χ2v) is 4.47. The summed E-state index contributed by atoms with van der Waals surface area (Å²) in [5.41, 5.74) is 15.2. The van der Waals surface area contributed by atoms with Gasteiger partial charge in [-0.25, -0.2) is 0 Å². The van der Waals surface area contributed by atoms with Crippen LogP contribution in [0.2, 0.25) is 0 Å². The maximum absolute atomic E-state index is 6.05. The fraction of sp³-hybridized carbons (Fsp3) is 0.385. The second kappa shape index (κ2) is 4.08. The van der Waals surface area contributed by atoms with E-state index in [0.717, 1.165) is 35.4 Å². The van der Waals surface area contributed by atoms with E-state index in [1.807, 2.05) is 32.1 Å². The number of allylic oxidation sites excluding steroid dienone is 1. The molecule has 1 aliphatic rings. The van der Waals surface area contributed by atoms with Crippen molar-refractivity contribution in [3.63, 3.8) is 0 Å². The quantitative estimate of drug-likeness (QED) is 0.766. The van der Waals surface area contributed by atoms with Crippen molar-refractivity contribution in [1.82, 2.24) is 0 Å². The van der Waals surface area contributed by atoms with Gasteiger partial charge in [-0.1, -0.05) is 0 Å². The summed E-state index contributed by atoms with van der Waals surface area (Å²) in [7, 11) is 0. The maximum atomic E-state index is 6.05. The molecular weight excluding hydrogens is 200 g/mol. The van der Waals surface area contributed by atoms with Crippen LogP contribution in [0.4, 0.5) is 5.69 Å². The highest BCUT2D eigenvalue weighted by molar-refractivity contribution is 5.72. The van der Waals surface area contributed by atoms with Crippen LogP contribution in [0, 0.1) is 6.92 Å². The highest BCUT2D eigenvalue weighted by Gasteiger charge is 2.24. The lowest BCUT2D eigenvalue weighted by molar-refractivity contribution is 0.304. The van der Waals surface area contributed by atoms with Gasteiger partial charge in [0.15, 0.2) is 0 Å². The molecule has 0 saturated heterocycles. The smallest absolute Gasteiger partial charge is 0.143 e. The zero-order chi connectivity index (χ0) is 11.7. The summed E-state index contributed by atoms with van der Waals surface area (Å²) in [6.45, 7) is 3.88. The van der Waals surface area contributed by atoms with Crippen molar-refractivity contribution in [2.45, 2.75) is 32.8 Å². The van der Waals surface area contributed by atoms with Crippen LogP contribution in [0.15, 0.2) is 17.8 Å². The van der Waals surface area contributed by atoms with E-state index in [4.69, 9.17) is 16.2 Å². The van der Waals surface area contributed by atoms with Gasteiger partial charge in [0, 0.05) is 11.3 Å². The first kappa shape index (κ1) is 10.9. The molecule has 0 heterocycles. The van der Waals surface area contributed by atoms with Crippen LogP contribution < -0.4 is 16.2 Å². The van der Waals surface area contributed by atoms with Gasteiger partial charge < -0.3 is 16.2 Å². The van der Waals surface area contributed by atoms with Gasteiger partial charge in [0.05, 0.1) is 11.8 Å². The summed E-state index contributed by atoms with van der Waals surface area (Å²) in [6.07, 6.45) is 4.50. The first-order valence-corrected chi connectivity index (χ1v) is 5.57. The fourth-order valence-electron chi connectivity index (χ4n) is 1.62. The van der Waals surface area contributed by atoms with Gasteiger partial charge in [-0.2, -0.15) is 0 Å². The maximum Gasteiger partial charge on any atom is 0.143 e. The average Bonchev–Trinajstić information content (AvgIpc) is 2.96. The third kappa shape index (κ3) is 2.48. The van der Waals surface area contributed by atoms with Crippen LogP contribution in [0.5, 0.6) is 5.75 Å². The van der Waals surface area contributed by atoms with E-state index in [1.54, 1.807) is 0 Å². The number of aryl methyl sites for hydroxylation is 1. The normalized spacial score (nSPS) is 16.2. The van der Waals surface area contributed by atoms with Gasteiger partial charge in [-0.15, -0.1) is 0 Å². The van der Waals surface area contributed by atoms with Gasteiger partial charge in [0.25, 0.3) is 0 Å². The minimum Gasteiger partial charge on any atom is -0.488 e. The van der Waals surface area contributed by atoms with Crippen molar-refractivity contribution in [2.75, 3.05) is 5.73 Å². The lowest BCUT2D eigenvalue weighted by atomic mass is 10.1. The molecule has 0 radical (unpaired) electrons. The van der Waals surface area contributed by atoms with Crippen LogP contribution in [0.1, 0.15) is 30.9 Å². The molecule has 3 nitrogen and oxygen atoms in total. The monoisotopic (exact) mass is 218 g/mol. The molecule has 86 valence electrons. The van der Waals surface area contributed by atoms with Crippen molar-refractivity contribution in [3.8, 4) is 5.75 Å². The molecule has 1 fully saturated rings. The molecule has 16 heavy (non-hydrogen) atoms. The highest BCUT2D eigenvalue weighted by atomic mass is 16.5. The molecule has 0 spiro atoms. The molecule has 0 bridgehead atoms. The molecule has 1 aromatic carbocycles. The predicted octanol–water partition coefficient (Wildman–Crippen LogP) is 2.44. The summed E-state index contributed by atoms with van der Waals surface area (Å²) < 4.78 is 5.76. The summed E-state index contributed by atoms with van der Waals surface area (Å²) >= 11 is 0. The van der Waals surface area contributed by atoms with Crippen molar-refractivity contribution < 1.29 is 4.74 Å². The van der Waals surface area contributed by atoms with E-state index < -0.39 is 0 Å². The Morgan fingerprint density at radius 1 is 1.44 bits per heavy atom. The Bertz CT molecular complexity index is 430. The van der Waals surface area contributed by atoms with Crippen LogP contribution in [0.3, 0.4) is 0 Å². The topological polar surface area (TPSA) is 61.3 Å². The van der Waals surface area contributed by atoms with Gasteiger partial charge in [-0.3, -0.25) is 0 Å². The van der Waals surface area contributed by atoms with E-state index in [0.29, 0.717) is 11.8 Å². The number of nitrogen functional groups attached to an aromatic ring is 1. The molecule has 1 saturated carbocycles. The molecule has 0 aromatic heterocycles. The van der Waals surface area contributed by atoms with Crippen LogP contribution >= 0.6 is 0 Å². The first-order valence-electron chi connectivity index (χ1n) is 5.57. The Labute approximate surface area is 96.1 Å². The van der Waals surface area contributed by atoms with Crippen LogP contribution in [-0.4, -0.2) is 6.10 Å². The third-order valence-corrected chi connectivity index (χ3v) is 2.52. The standard InChI is InChI=1S/C13H18N2O/c1-8-5-10(7-9(2)14)13(15)12(6-8)16-11-3-4-11/h5-7,11H,3-4,14-15H2,1-2H3/b9-7-. The summed E-state index contributed by atoms with van der Waals surface area (Å²) in [4.78, 5) is 0. The van der Waals surface area contributed by atoms with Crippen LogP contribution in [0.25, 0.3) is 6.08 Å². The van der Waals surface area contributed by atoms with E-state index >= 15 is 0 Å². The van der Waals surface area contributed by atoms with Crippen molar-refractivity contribution in [1.29, 1.82) is 0 Å². The lowest BCUT2D eigenvalue weighted by Crippen LogP contribution is -2.02. The molecule has 0 atom stereocenters. The Morgan fingerprint density at radius 3 is 2.69 bits per heavy atom. The largest absolute Gasteiger partial charge is 0.488 e. The minimum atomic E-state index is 0.361. The van der Waals surface area contributed by atoms with E-state index in [1.165, 1.54) is 0 Å². The SMILES string of the molecule is C/C(N)=C/c1cc(C)cc(OC2CC2)c1N. The van der Waals surface area contributed by atoms with Gasteiger partial charge in [0.1, 0.15) is 5.75 Å². The second-order valence-electron chi connectivity index (χ2n) is 4.47. The summed E-state index contributed by atoms with van der Waals surface area (Å²) in [5.74, 6) is 0.787. The highest BCUT2D eigenvalue weighted by Crippen LogP contribution is 2.34. The molecule has 4 N–H and O–H groups in total. The number of rotatable bonds is 3. The van der Waals surface area contributed by atoms with Crippen LogP contribution in [-0.2, 0) is 0 Å². The van der Waals surface area contributed by atoms with Gasteiger partial charge in [-0.05, 0) is 50.5 Å². The molecule has 1 aromatic rings. The number of nitrogens with two attached hydrogens (primary N) is 2. The predicted molar refractivity (Wildman–Crippen MR) is 67.1 cm³/mol. The lowest BCUT2D eigenvalue weighted by Gasteiger charge is -2.11. The van der Waals surface area contributed by atoms with Gasteiger partial charge >= 0.3 is 0 Å².